The van der Waals surface area contributed by atoms with Gasteiger partial charge in [0.05, 0.1) is 23.6 Å². The number of aromatic nitrogens is 1. The third kappa shape index (κ3) is 2.98. The van der Waals surface area contributed by atoms with E-state index in [1.165, 1.54) is 18.4 Å². The van der Waals surface area contributed by atoms with E-state index < -0.39 is 5.97 Å². The van der Waals surface area contributed by atoms with Gasteiger partial charge in [0.15, 0.2) is 9.61 Å². The number of nitrogens with zero attached hydrogens (tertiary/aromatic N) is 1. The van der Waals surface area contributed by atoms with Gasteiger partial charge in [0.2, 0.25) is 0 Å². The summed E-state index contributed by atoms with van der Waals surface area (Å²) in [5.41, 5.74) is 1.17. The van der Waals surface area contributed by atoms with Crippen LogP contribution >= 0.6 is 43.2 Å². The molecule has 19 heavy (non-hydrogen) atoms. The van der Waals surface area contributed by atoms with Crippen LogP contribution in [0.1, 0.15) is 10.5 Å². The summed E-state index contributed by atoms with van der Waals surface area (Å²) in [5, 5.41) is 0. The molecule has 0 radical (unpaired) electrons. The lowest BCUT2D eigenvalue weighted by Gasteiger charge is -2.05. The molecule has 0 aliphatic rings. The normalized spacial score (nSPS) is 10.3. The first-order valence-corrected chi connectivity index (χ1v) is 7.55. The first-order valence-electron chi connectivity index (χ1n) is 5.15. The summed E-state index contributed by atoms with van der Waals surface area (Å²) in [4.78, 5) is 16.6. The van der Waals surface area contributed by atoms with Gasteiger partial charge >= 0.3 is 5.97 Å². The van der Waals surface area contributed by atoms with Crippen LogP contribution in [0.4, 0.5) is 0 Å². The minimum absolute atomic E-state index is 0.302. The van der Waals surface area contributed by atoms with Crippen molar-refractivity contribution in [1.29, 1.82) is 0 Å². The van der Waals surface area contributed by atoms with E-state index in [4.69, 9.17) is 9.47 Å². The Morgan fingerprint density at radius 1 is 1.32 bits per heavy atom. The smallest absolute Gasteiger partial charge is 0.358 e. The van der Waals surface area contributed by atoms with E-state index >= 15 is 0 Å². The molecule has 0 bridgehead atoms. The van der Waals surface area contributed by atoms with E-state index in [2.05, 4.69) is 36.8 Å². The van der Waals surface area contributed by atoms with Crippen LogP contribution in [0, 0.1) is 0 Å². The quantitative estimate of drug-likeness (QED) is 0.719. The molecular weight excluding hydrogens is 398 g/mol. The highest BCUT2D eigenvalue weighted by Crippen LogP contribution is 2.37. The average molecular weight is 407 g/mol. The molecule has 0 saturated heterocycles. The zero-order valence-electron chi connectivity index (χ0n) is 10.1. The number of thiazole rings is 1. The van der Waals surface area contributed by atoms with Crippen molar-refractivity contribution in [2.45, 2.75) is 0 Å². The molecule has 0 unspecified atom stereocenters. The molecule has 0 saturated carbocycles. The van der Waals surface area contributed by atoms with Crippen molar-refractivity contribution in [2.75, 3.05) is 14.2 Å². The largest absolute Gasteiger partial charge is 0.496 e. The number of benzene rings is 1. The summed E-state index contributed by atoms with van der Waals surface area (Å²) >= 11 is 8.09. The third-order valence-corrected chi connectivity index (χ3v) is 4.57. The fourth-order valence-corrected chi connectivity index (χ4v) is 3.51. The molecule has 0 spiro atoms. The molecule has 4 nitrogen and oxygen atoms in total. The summed E-state index contributed by atoms with van der Waals surface area (Å²) in [6.07, 6.45) is 0. The molecular formula is C12H9Br2NO3S. The second-order valence-electron chi connectivity index (χ2n) is 3.49. The number of carbonyl (C=O) groups is 1. The standard InChI is InChI=1S/C12H9Br2NO3S/c1-17-8-4-3-6(5-7(8)13)10-9(11(16)18-2)15-12(14)19-10/h3-5H,1-2H3. The average Bonchev–Trinajstić information content (AvgIpc) is 2.79. The maximum atomic E-state index is 11.7. The number of halogens is 2. The molecule has 2 aromatic rings. The van der Waals surface area contributed by atoms with Crippen molar-refractivity contribution in [2.24, 2.45) is 0 Å². The van der Waals surface area contributed by atoms with Gasteiger partial charge in [0.1, 0.15) is 5.75 Å². The van der Waals surface area contributed by atoms with E-state index in [-0.39, 0.29) is 0 Å². The van der Waals surface area contributed by atoms with Crippen LogP contribution in [0.5, 0.6) is 5.75 Å². The Kier molecular flexibility index (Phi) is 4.59. The first kappa shape index (κ1) is 14.5. The molecule has 2 rings (SSSR count). The number of hydrogen-bond donors (Lipinski definition) is 0. The number of esters is 1. The van der Waals surface area contributed by atoms with Crippen molar-refractivity contribution in [3.05, 3.63) is 32.3 Å². The van der Waals surface area contributed by atoms with Gasteiger partial charge in [0, 0.05) is 0 Å². The number of rotatable bonds is 3. The second-order valence-corrected chi connectivity index (χ2v) is 6.61. The van der Waals surface area contributed by atoms with E-state index in [0.29, 0.717) is 9.61 Å². The Balaban J connectivity index is 2.52. The van der Waals surface area contributed by atoms with E-state index in [1.807, 2.05) is 18.2 Å². The molecule has 1 aromatic carbocycles. The lowest BCUT2D eigenvalue weighted by molar-refractivity contribution is 0.0595. The van der Waals surface area contributed by atoms with Crippen molar-refractivity contribution in [3.8, 4) is 16.2 Å². The van der Waals surface area contributed by atoms with Crippen LogP contribution in [0.25, 0.3) is 10.4 Å². The fraction of sp³-hybridized carbons (Fsp3) is 0.167. The van der Waals surface area contributed by atoms with Gasteiger partial charge in [-0.2, -0.15) is 0 Å². The van der Waals surface area contributed by atoms with Crippen molar-refractivity contribution < 1.29 is 14.3 Å². The molecule has 1 heterocycles. The fourth-order valence-electron chi connectivity index (χ4n) is 1.53. The Hall–Kier alpha value is -0.920. The van der Waals surface area contributed by atoms with Gasteiger partial charge < -0.3 is 9.47 Å². The van der Waals surface area contributed by atoms with Crippen molar-refractivity contribution in [1.82, 2.24) is 4.98 Å². The molecule has 7 heteroatoms. The maximum absolute atomic E-state index is 11.7. The predicted octanol–water partition coefficient (Wildman–Crippen LogP) is 4.13. The highest BCUT2D eigenvalue weighted by molar-refractivity contribution is 9.11. The van der Waals surface area contributed by atoms with Crippen molar-refractivity contribution in [3.63, 3.8) is 0 Å². The van der Waals surface area contributed by atoms with Gasteiger partial charge in [-0.25, -0.2) is 9.78 Å². The maximum Gasteiger partial charge on any atom is 0.358 e. The molecule has 0 atom stereocenters. The molecule has 0 aliphatic carbocycles. The Bertz CT molecular complexity index is 627. The molecule has 0 fully saturated rings. The van der Waals surface area contributed by atoms with Crippen LogP contribution in [0.2, 0.25) is 0 Å². The van der Waals surface area contributed by atoms with Gasteiger partial charge in [0.25, 0.3) is 0 Å². The molecule has 0 amide bonds. The minimum atomic E-state index is -0.455. The van der Waals surface area contributed by atoms with Gasteiger partial charge in [-0.3, -0.25) is 0 Å². The zero-order valence-corrected chi connectivity index (χ0v) is 14.1. The van der Waals surface area contributed by atoms with Crippen LogP contribution in [0.15, 0.2) is 26.6 Å². The summed E-state index contributed by atoms with van der Waals surface area (Å²) in [7, 11) is 2.94. The molecule has 0 N–H and O–H groups in total. The van der Waals surface area contributed by atoms with Crippen molar-refractivity contribution >= 4 is 49.2 Å². The SMILES string of the molecule is COC(=O)c1nc(Br)sc1-c1ccc(OC)c(Br)c1. The lowest BCUT2D eigenvalue weighted by atomic mass is 10.1. The zero-order chi connectivity index (χ0) is 14.0. The van der Waals surface area contributed by atoms with E-state index in [1.54, 1.807) is 7.11 Å². The van der Waals surface area contributed by atoms with Crippen LogP contribution < -0.4 is 4.74 Å². The molecule has 100 valence electrons. The number of ether oxygens (including phenoxy) is 2. The monoisotopic (exact) mass is 405 g/mol. The Labute approximate surface area is 131 Å². The summed E-state index contributed by atoms with van der Waals surface area (Å²) in [5.74, 6) is 0.274. The van der Waals surface area contributed by atoms with Crippen LogP contribution in [0.3, 0.4) is 0 Å². The highest BCUT2D eigenvalue weighted by Gasteiger charge is 2.20. The van der Waals surface area contributed by atoms with Gasteiger partial charge in [-0.15, -0.1) is 11.3 Å². The Morgan fingerprint density at radius 2 is 2.05 bits per heavy atom. The highest BCUT2D eigenvalue weighted by atomic mass is 79.9. The molecule has 0 aliphatic heterocycles. The van der Waals surface area contributed by atoms with E-state index in [9.17, 15) is 4.79 Å². The lowest BCUT2D eigenvalue weighted by Crippen LogP contribution is -2.03. The molecule has 1 aromatic heterocycles. The van der Waals surface area contributed by atoms with Gasteiger partial charge in [-0.1, -0.05) is 0 Å². The summed E-state index contributed by atoms with van der Waals surface area (Å²) in [6, 6.07) is 5.58. The van der Waals surface area contributed by atoms with E-state index in [0.717, 1.165) is 20.7 Å². The van der Waals surface area contributed by atoms with Crippen LogP contribution in [-0.2, 0) is 4.74 Å². The predicted molar refractivity (Wildman–Crippen MR) is 80.8 cm³/mol. The summed E-state index contributed by atoms with van der Waals surface area (Å²) in [6.45, 7) is 0. The minimum Gasteiger partial charge on any atom is -0.496 e. The third-order valence-electron chi connectivity index (χ3n) is 2.39. The van der Waals surface area contributed by atoms with Crippen LogP contribution in [-0.4, -0.2) is 25.2 Å². The first-order chi connectivity index (χ1) is 9.06. The topological polar surface area (TPSA) is 48.4 Å². The number of hydrogen-bond acceptors (Lipinski definition) is 5. The number of carbonyl (C=O) groups excluding carboxylic acids is 1. The van der Waals surface area contributed by atoms with Gasteiger partial charge in [-0.05, 0) is 55.6 Å². The second kappa shape index (κ2) is 6.02. The Morgan fingerprint density at radius 3 is 2.63 bits per heavy atom. The summed E-state index contributed by atoms with van der Waals surface area (Å²) < 4.78 is 11.4. The number of methoxy groups -OCH3 is 2.